The van der Waals surface area contributed by atoms with Gasteiger partial charge in [-0.1, -0.05) is 54.6 Å². The van der Waals surface area contributed by atoms with E-state index >= 15 is 0 Å². The normalized spacial score (nSPS) is 16.2. The minimum Gasteiger partial charge on any atom is -0.493 e. The molecule has 0 N–H and O–H groups in total. The molecule has 35 heavy (non-hydrogen) atoms. The molecular weight excluding hydrogens is 484 g/mol. The van der Waals surface area contributed by atoms with E-state index in [0.717, 1.165) is 17.3 Å². The number of likely N-dealkylation sites (N-methyl/N-ethyl adjacent to an activating group) is 1. The molecule has 180 valence electrons. The lowest BCUT2D eigenvalue weighted by atomic mass is 10.1. The van der Waals surface area contributed by atoms with Crippen molar-refractivity contribution in [3.63, 3.8) is 0 Å². The second-order valence-electron chi connectivity index (χ2n) is 7.51. The van der Waals surface area contributed by atoms with Crippen LogP contribution in [0.2, 0.25) is 0 Å². The zero-order chi connectivity index (χ0) is 24.8. The summed E-state index contributed by atoms with van der Waals surface area (Å²) in [7, 11) is -2.38. The molecule has 3 aromatic carbocycles. The highest BCUT2D eigenvalue weighted by atomic mass is 32.2. The van der Waals surface area contributed by atoms with Crippen molar-refractivity contribution in [1.82, 2.24) is 4.90 Å². The van der Waals surface area contributed by atoms with Crippen molar-refractivity contribution in [2.45, 2.75) is 18.4 Å². The van der Waals surface area contributed by atoms with Crippen molar-refractivity contribution < 1.29 is 22.7 Å². The minimum atomic E-state index is -3.95. The lowest BCUT2D eigenvalue weighted by Gasteiger charge is -2.12. The SMILES string of the molecule is CCN1C(=O)C(=Cc2ccc(OC)c(OCc3ccccc3)c2)SC1=NS(=O)(=O)c1ccccc1. The molecule has 3 aromatic rings. The highest BCUT2D eigenvalue weighted by Gasteiger charge is 2.34. The van der Waals surface area contributed by atoms with Gasteiger partial charge in [0.05, 0.1) is 16.9 Å². The standard InChI is InChI=1S/C26H24N2O5S2/c1-3-28-25(29)24(34-26(28)27-35(30,31)21-12-8-5-9-13-21)17-20-14-15-22(32-2)23(16-20)33-18-19-10-6-4-7-11-19/h4-17H,3,18H2,1-2H3. The largest absolute Gasteiger partial charge is 0.493 e. The van der Waals surface area contributed by atoms with Crippen molar-refractivity contribution in [2.24, 2.45) is 4.40 Å². The smallest absolute Gasteiger partial charge is 0.284 e. The summed E-state index contributed by atoms with van der Waals surface area (Å²) >= 11 is 1.03. The van der Waals surface area contributed by atoms with Gasteiger partial charge < -0.3 is 9.47 Å². The van der Waals surface area contributed by atoms with Crippen LogP contribution in [0.3, 0.4) is 0 Å². The molecule has 1 fully saturated rings. The van der Waals surface area contributed by atoms with Crippen LogP contribution in [0.4, 0.5) is 0 Å². The molecule has 9 heteroatoms. The Bertz CT molecular complexity index is 1370. The number of rotatable bonds is 8. The number of nitrogens with zero attached hydrogens (tertiary/aromatic N) is 2. The zero-order valence-corrected chi connectivity index (χ0v) is 20.9. The first-order chi connectivity index (χ1) is 16.9. The highest BCUT2D eigenvalue weighted by Crippen LogP contribution is 2.35. The summed E-state index contributed by atoms with van der Waals surface area (Å²) in [5, 5.41) is 0.127. The lowest BCUT2D eigenvalue weighted by Crippen LogP contribution is -2.29. The summed E-state index contributed by atoms with van der Waals surface area (Å²) in [4.78, 5) is 14.8. The Morgan fingerprint density at radius 1 is 0.971 bits per heavy atom. The zero-order valence-electron chi connectivity index (χ0n) is 19.2. The van der Waals surface area contributed by atoms with Gasteiger partial charge in [0.25, 0.3) is 15.9 Å². The van der Waals surface area contributed by atoms with Crippen molar-refractivity contribution in [3.05, 3.63) is 94.9 Å². The van der Waals surface area contributed by atoms with Crippen LogP contribution in [0.25, 0.3) is 6.08 Å². The molecule has 4 rings (SSSR count). The van der Waals surface area contributed by atoms with E-state index in [1.165, 1.54) is 17.0 Å². The second-order valence-corrected chi connectivity index (χ2v) is 10.1. The maximum Gasteiger partial charge on any atom is 0.284 e. The summed E-state index contributed by atoms with van der Waals surface area (Å²) in [5.74, 6) is 0.802. The summed E-state index contributed by atoms with van der Waals surface area (Å²) in [6.45, 7) is 2.43. The second kappa shape index (κ2) is 10.8. The van der Waals surface area contributed by atoms with E-state index in [4.69, 9.17) is 9.47 Å². The predicted molar refractivity (Wildman–Crippen MR) is 138 cm³/mol. The summed E-state index contributed by atoms with van der Waals surface area (Å²) in [6.07, 6.45) is 1.70. The number of thioether (sulfide) groups is 1. The molecule has 1 amide bonds. The van der Waals surface area contributed by atoms with Gasteiger partial charge in [0.15, 0.2) is 16.7 Å². The fourth-order valence-electron chi connectivity index (χ4n) is 3.39. The number of hydrogen-bond donors (Lipinski definition) is 0. The third kappa shape index (κ3) is 5.75. The topological polar surface area (TPSA) is 85.3 Å². The van der Waals surface area contributed by atoms with Crippen LogP contribution in [-0.4, -0.2) is 38.0 Å². The Labute approximate surface area is 209 Å². The van der Waals surface area contributed by atoms with Crippen molar-refractivity contribution in [2.75, 3.05) is 13.7 Å². The summed E-state index contributed by atoms with van der Waals surface area (Å²) in [6, 6.07) is 23.1. The molecule has 0 atom stereocenters. The van der Waals surface area contributed by atoms with Crippen LogP contribution >= 0.6 is 11.8 Å². The van der Waals surface area contributed by atoms with Gasteiger partial charge in [-0.05, 0) is 60.2 Å². The number of methoxy groups -OCH3 is 1. The molecule has 1 heterocycles. The molecule has 0 unspecified atom stereocenters. The molecule has 0 spiro atoms. The molecule has 0 saturated carbocycles. The van der Waals surface area contributed by atoms with Gasteiger partial charge in [0.1, 0.15) is 6.61 Å². The maximum atomic E-state index is 13.0. The number of amidine groups is 1. The highest BCUT2D eigenvalue weighted by molar-refractivity contribution is 8.19. The van der Waals surface area contributed by atoms with Crippen LogP contribution < -0.4 is 9.47 Å². The van der Waals surface area contributed by atoms with E-state index in [1.807, 2.05) is 30.3 Å². The quantitative estimate of drug-likeness (QED) is 0.400. The van der Waals surface area contributed by atoms with E-state index in [0.29, 0.717) is 35.1 Å². The van der Waals surface area contributed by atoms with Gasteiger partial charge in [0, 0.05) is 6.54 Å². The first kappa shape index (κ1) is 24.6. The first-order valence-corrected chi connectivity index (χ1v) is 13.1. The van der Waals surface area contributed by atoms with Gasteiger partial charge in [-0.15, -0.1) is 4.40 Å². The number of amides is 1. The minimum absolute atomic E-state index is 0.0735. The van der Waals surface area contributed by atoms with Gasteiger partial charge in [-0.25, -0.2) is 0 Å². The van der Waals surface area contributed by atoms with Crippen molar-refractivity contribution in [1.29, 1.82) is 0 Å². The Hall–Kier alpha value is -3.56. The number of carbonyl (C=O) groups excluding carboxylic acids is 1. The van der Waals surface area contributed by atoms with Crippen molar-refractivity contribution >= 4 is 38.9 Å². The number of carbonyl (C=O) groups is 1. The number of sulfonamides is 1. The molecule has 0 radical (unpaired) electrons. The predicted octanol–water partition coefficient (Wildman–Crippen LogP) is 4.96. The fourth-order valence-corrected chi connectivity index (χ4v) is 5.65. The Kier molecular flexibility index (Phi) is 7.57. The van der Waals surface area contributed by atoms with Gasteiger partial charge >= 0.3 is 0 Å². The Morgan fingerprint density at radius 2 is 1.66 bits per heavy atom. The van der Waals surface area contributed by atoms with Crippen LogP contribution in [0, 0.1) is 0 Å². The van der Waals surface area contributed by atoms with E-state index < -0.39 is 10.0 Å². The van der Waals surface area contributed by atoms with Gasteiger partial charge in [-0.3, -0.25) is 9.69 Å². The van der Waals surface area contributed by atoms with Crippen LogP contribution in [-0.2, 0) is 21.4 Å². The average Bonchev–Trinajstić information content (AvgIpc) is 3.16. The van der Waals surface area contributed by atoms with Crippen LogP contribution in [0.1, 0.15) is 18.1 Å². The Morgan fingerprint density at radius 3 is 2.31 bits per heavy atom. The molecule has 1 saturated heterocycles. The first-order valence-electron chi connectivity index (χ1n) is 10.9. The third-order valence-corrected chi connectivity index (χ3v) is 7.57. The van der Waals surface area contributed by atoms with E-state index in [1.54, 1.807) is 56.5 Å². The molecule has 0 aromatic heterocycles. The lowest BCUT2D eigenvalue weighted by molar-refractivity contribution is -0.122. The fraction of sp³-hybridized carbons (Fsp3) is 0.154. The number of benzene rings is 3. The van der Waals surface area contributed by atoms with Gasteiger partial charge in [-0.2, -0.15) is 8.42 Å². The molecule has 7 nitrogen and oxygen atoms in total. The molecule has 0 bridgehead atoms. The average molecular weight is 509 g/mol. The third-order valence-electron chi connectivity index (χ3n) is 5.17. The number of ether oxygens (including phenoxy) is 2. The molecular formula is C26H24N2O5S2. The molecule has 0 aliphatic carbocycles. The van der Waals surface area contributed by atoms with Crippen LogP contribution in [0.15, 0.2) is 93.1 Å². The van der Waals surface area contributed by atoms with Crippen molar-refractivity contribution in [3.8, 4) is 11.5 Å². The summed E-state index contributed by atoms with van der Waals surface area (Å²) in [5.41, 5.74) is 1.73. The number of hydrogen-bond acceptors (Lipinski definition) is 6. The monoisotopic (exact) mass is 508 g/mol. The summed E-state index contributed by atoms with van der Waals surface area (Å²) < 4.78 is 40.8. The van der Waals surface area contributed by atoms with E-state index in [2.05, 4.69) is 4.40 Å². The van der Waals surface area contributed by atoms with Crippen LogP contribution in [0.5, 0.6) is 11.5 Å². The maximum absolute atomic E-state index is 13.0. The molecule has 1 aliphatic rings. The van der Waals surface area contributed by atoms with E-state index in [9.17, 15) is 13.2 Å². The van der Waals surface area contributed by atoms with Gasteiger partial charge in [0.2, 0.25) is 0 Å². The van der Waals surface area contributed by atoms with E-state index in [-0.39, 0.29) is 16.0 Å². The molecule has 1 aliphatic heterocycles. The Balaban J connectivity index is 1.61.